The van der Waals surface area contributed by atoms with Gasteiger partial charge in [-0.15, -0.1) is 0 Å². The van der Waals surface area contributed by atoms with Crippen LogP contribution in [-0.2, 0) is 17.8 Å². The molecule has 122 valence electrons. The zero-order valence-electron chi connectivity index (χ0n) is 13.0. The Morgan fingerprint density at radius 2 is 2.09 bits per heavy atom. The Hall–Kier alpha value is -2.90. The lowest BCUT2D eigenvalue weighted by atomic mass is 10.1. The number of aryl methyl sites for hydroxylation is 1. The number of nitrogens with one attached hydrogen (secondary N) is 1. The third-order valence-electron chi connectivity index (χ3n) is 3.29. The van der Waals surface area contributed by atoms with Crippen LogP contribution in [0.15, 0.2) is 30.5 Å². The second-order valence-electron chi connectivity index (χ2n) is 5.04. The summed E-state index contributed by atoms with van der Waals surface area (Å²) in [6.07, 6.45) is 2.18. The summed E-state index contributed by atoms with van der Waals surface area (Å²) in [5.74, 6) is 0.320. The number of benzene rings is 1. The van der Waals surface area contributed by atoms with Gasteiger partial charge in [0.05, 0.1) is 24.0 Å². The molecule has 0 unspecified atom stereocenters. The molecule has 1 aromatic carbocycles. The predicted molar refractivity (Wildman–Crippen MR) is 83.3 cm³/mol. The summed E-state index contributed by atoms with van der Waals surface area (Å²) < 4.78 is 6.35. The van der Waals surface area contributed by atoms with Gasteiger partial charge >= 0.3 is 5.82 Å². The number of rotatable bonds is 7. The Morgan fingerprint density at radius 1 is 1.39 bits per heavy atom. The summed E-state index contributed by atoms with van der Waals surface area (Å²) >= 11 is 0. The van der Waals surface area contributed by atoms with Crippen molar-refractivity contribution in [3.63, 3.8) is 0 Å². The summed E-state index contributed by atoms with van der Waals surface area (Å²) in [6, 6.07) is 7.60. The van der Waals surface area contributed by atoms with Gasteiger partial charge in [0.25, 0.3) is 0 Å². The van der Waals surface area contributed by atoms with Crippen molar-refractivity contribution in [2.45, 2.75) is 19.9 Å². The number of nitro groups is 1. The highest BCUT2D eigenvalue weighted by Gasteiger charge is 2.18. The second-order valence-corrected chi connectivity index (χ2v) is 5.04. The van der Waals surface area contributed by atoms with Crippen LogP contribution in [0.4, 0.5) is 5.82 Å². The van der Waals surface area contributed by atoms with Crippen LogP contribution >= 0.6 is 0 Å². The van der Waals surface area contributed by atoms with Crippen molar-refractivity contribution in [3.05, 3.63) is 51.7 Å². The van der Waals surface area contributed by atoms with Crippen molar-refractivity contribution in [1.82, 2.24) is 15.1 Å². The summed E-state index contributed by atoms with van der Waals surface area (Å²) in [7, 11) is 1.61. The number of carbonyl (C=O) groups is 1. The number of methoxy groups -OCH3 is 1. The zero-order chi connectivity index (χ0) is 16.8. The molecule has 0 bridgehead atoms. The fraction of sp³-hybridized carbons (Fsp3) is 0.333. The maximum atomic E-state index is 11.8. The smallest absolute Gasteiger partial charge is 0.392 e. The topological polar surface area (TPSA) is 99.3 Å². The maximum absolute atomic E-state index is 11.8. The molecule has 0 fully saturated rings. The number of nitrogens with zero attached hydrogens (tertiary/aromatic N) is 3. The monoisotopic (exact) mass is 318 g/mol. The lowest BCUT2D eigenvalue weighted by Gasteiger charge is -2.05. The van der Waals surface area contributed by atoms with Gasteiger partial charge in [-0.25, -0.2) is 0 Å². The molecule has 0 radical (unpaired) electrons. The predicted octanol–water partition coefficient (Wildman–Crippen LogP) is 1.47. The Morgan fingerprint density at radius 3 is 2.65 bits per heavy atom. The van der Waals surface area contributed by atoms with E-state index in [1.807, 2.05) is 24.3 Å². The van der Waals surface area contributed by atoms with Crippen LogP contribution in [0.3, 0.4) is 0 Å². The van der Waals surface area contributed by atoms with E-state index < -0.39 is 4.92 Å². The van der Waals surface area contributed by atoms with E-state index in [1.165, 1.54) is 10.9 Å². The molecule has 0 saturated carbocycles. The largest absolute Gasteiger partial charge is 0.497 e. The lowest BCUT2D eigenvalue weighted by Crippen LogP contribution is -2.29. The molecule has 0 atom stereocenters. The van der Waals surface area contributed by atoms with Gasteiger partial charge in [-0.05, 0) is 36.0 Å². The van der Waals surface area contributed by atoms with Gasteiger partial charge in [0.1, 0.15) is 12.3 Å². The molecule has 0 aliphatic carbocycles. The van der Waals surface area contributed by atoms with Crippen LogP contribution in [-0.4, -0.2) is 34.3 Å². The maximum Gasteiger partial charge on any atom is 0.392 e. The molecular formula is C15H18N4O4. The number of hydrogen-bond donors (Lipinski definition) is 1. The van der Waals surface area contributed by atoms with E-state index in [2.05, 4.69) is 10.4 Å². The first kappa shape index (κ1) is 16.5. The highest BCUT2D eigenvalue weighted by molar-refractivity contribution is 5.75. The fourth-order valence-corrected chi connectivity index (χ4v) is 2.11. The van der Waals surface area contributed by atoms with Crippen molar-refractivity contribution in [1.29, 1.82) is 0 Å². The molecule has 1 heterocycles. The summed E-state index contributed by atoms with van der Waals surface area (Å²) in [5, 5.41) is 17.3. The van der Waals surface area contributed by atoms with Crippen molar-refractivity contribution in [2.75, 3.05) is 13.7 Å². The fourth-order valence-electron chi connectivity index (χ4n) is 2.11. The molecule has 0 saturated heterocycles. The van der Waals surface area contributed by atoms with Gasteiger partial charge in [-0.2, -0.15) is 4.68 Å². The van der Waals surface area contributed by atoms with E-state index in [4.69, 9.17) is 4.74 Å². The van der Waals surface area contributed by atoms with E-state index in [0.29, 0.717) is 18.5 Å². The van der Waals surface area contributed by atoms with E-state index >= 15 is 0 Å². The minimum atomic E-state index is -0.562. The van der Waals surface area contributed by atoms with Crippen LogP contribution < -0.4 is 10.1 Å². The van der Waals surface area contributed by atoms with Crippen molar-refractivity contribution < 1.29 is 14.5 Å². The Labute approximate surface area is 133 Å². The Balaban J connectivity index is 1.80. The van der Waals surface area contributed by atoms with E-state index in [0.717, 1.165) is 11.3 Å². The van der Waals surface area contributed by atoms with Crippen molar-refractivity contribution >= 4 is 11.7 Å². The molecule has 2 rings (SSSR count). The number of ether oxygens (including phenoxy) is 1. The molecule has 0 aliphatic rings. The number of aromatic nitrogens is 2. The van der Waals surface area contributed by atoms with Crippen LogP contribution in [0.25, 0.3) is 0 Å². The zero-order valence-corrected chi connectivity index (χ0v) is 13.0. The SMILES string of the molecule is COc1ccc(CCNC(=O)Cn2cc(C)c([N+](=O)[O-])n2)cc1. The third-order valence-corrected chi connectivity index (χ3v) is 3.29. The van der Waals surface area contributed by atoms with Crippen LogP contribution in [0, 0.1) is 17.0 Å². The van der Waals surface area contributed by atoms with Crippen LogP contribution in [0.2, 0.25) is 0 Å². The average molecular weight is 318 g/mol. The minimum absolute atomic E-state index is 0.0444. The number of hydrogen-bond acceptors (Lipinski definition) is 5. The van der Waals surface area contributed by atoms with Crippen molar-refractivity contribution in [2.24, 2.45) is 0 Å². The average Bonchev–Trinajstić information content (AvgIpc) is 2.88. The van der Waals surface area contributed by atoms with Gasteiger partial charge < -0.3 is 20.2 Å². The molecule has 1 amide bonds. The highest BCUT2D eigenvalue weighted by Crippen LogP contribution is 2.13. The number of amides is 1. The Kier molecular flexibility index (Phi) is 5.29. The molecule has 8 nitrogen and oxygen atoms in total. The lowest BCUT2D eigenvalue weighted by molar-refractivity contribution is -0.390. The van der Waals surface area contributed by atoms with Crippen LogP contribution in [0.5, 0.6) is 5.75 Å². The highest BCUT2D eigenvalue weighted by atomic mass is 16.6. The van der Waals surface area contributed by atoms with E-state index in [9.17, 15) is 14.9 Å². The first-order valence-electron chi connectivity index (χ1n) is 7.07. The first-order valence-corrected chi connectivity index (χ1v) is 7.07. The minimum Gasteiger partial charge on any atom is -0.497 e. The summed E-state index contributed by atoms with van der Waals surface area (Å²) in [4.78, 5) is 22.0. The van der Waals surface area contributed by atoms with Gasteiger partial charge in [0, 0.05) is 6.54 Å². The van der Waals surface area contributed by atoms with Gasteiger partial charge in [0.2, 0.25) is 5.91 Å². The molecule has 1 N–H and O–H groups in total. The van der Waals surface area contributed by atoms with Crippen LogP contribution in [0.1, 0.15) is 11.1 Å². The second kappa shape index (κ2) is 7.39. The van der Waals surface area contributed by atoms with Gasteiger partial charge in [0.15, 0.2) is 0 Å². The van der Waals surface area contributed by atoms with Crippen molar-refractivity contribution in [3.8, 4) is 5.75 Å². The molecule has 1 aromatic heterocycles. The first-order chi connectivity index (χ1) is 11.0. The Bertz CT molecular complexity index is 694. The third kappa shape index (κ3) is 4.53. The molecule has 0 aliphatic heterocycles. The molecule has 0 spiro atoms. The quantitative estimate of drug-likeness (QED) is 0.615. The van der Waals surface area contributed by atoms with E-state index in [1.54, 1.807) is 14.0 Å². The molecule has 2 aromatic rings. The summed E-state index contributed by atoms with van der Waals surface area (Å²) in [5.41, 5.74) is 1.51. The standard InChI is InChI=1S/C15H18N4O4/c1-11-9-18(17-15(11)19(21)22)10-14(20)16-8-7-12-3-5-13(23-2)6-4-12/h3-6,9H,7-8,10H2,1-2H3,(H,16,20). The molecular weight excluding hydrogens is 300 g/mol. The van der Waals surface area contributed by atoms with Gasteiger partial charge in [-0.3, -0.25) is 4.79 Å². The normalized spacial score (nSPS) is 10.3. The number of carbonyl (C=O) groups excluding carboxylic acids is 1. The van der Waals surface area contributed by atoms with E-state index in [-0.39, 0.29) is 18.3 Å². The molecule has 23 heavy (non-hydrogen) atoms. The van der Waals surface area contributed by atoms with Gasteiger partial charge in [-0.1, -0.05) is 12.1 Å². The summed E-state index contributed by atoms with van der Waals surface area (Å²) in [6.45, 7) is 2.02. The molecule has 8 heteroatoms.